The van der Waals surface area contributed by atoms with Crippen LogP contribution in [0.1, 0.15) is 30.9 Å². The Kier molecular flexibility index (Phi) is 2.47. The summed E-state index contributed by atoms with van der Waals surface area (Å²) in [5, 5.41) is 0. The zero-order chi connectivity index (χ0) is 11.1. The van der Waals surface area contributed by atoms with Gasteiger partial charge in [0.05, 0.1) is 7.11 Å². The van der Waals surface area contributed by atoms with Crippen LogP contribution in [0.2, 0.25) is 0 Å². The van der Waals surface area contributed by atoms with E-state index in [-0.39, 0.29) is 11.5 Å². The molecule has 2 N–H and O–H groups in total. The first-order chi connectivity index (χ1) is 7.12. The van der Waals surface area contributed by atoms with Gasteiger partial charge in [-0.3, -0.25) is 0 Å². The van der Waals surface area contributed by atoms with E-state index in [2.05, 4.69) is 26.0 Å². The monoisotopic (exact) mass is 205 g/mol. The van der Waals surface area contributed by atoms with Crippen molar-refractivity contribution in [1.29, 1.82) is 0 Å². The number of methoxy groups -OCH3 is 1. The standard InChI is InChI=1S/C13H19NO/c1-9-11(5-4-6-12(9)15-3)13(7-8-13)10(2)14/h4-6,10H,7-8,14H2,1-3H3. The number of nitrogens with two attached hydrogens (primary N) is 1. The van der Waals surface area contributed by atoms with Crippen molar-refractivity contribution in [3.63, 3.8) is 0 Å². The van der Waals surface area contributed by atoms with Crippen LogP contribution in [0, 0.1) is 6.92 Å². The highest BCUT2D eigenvalue weighted by atomic mass is 16.5. The van der Waals surface area contributed by atoms with E-state index in [1.54, 1.807) is 7.11 Å². The van der Waals surface area contributed by atoms with Gasteiger partial charge in [-0.1, -0.05) is 12.1 Å². The molecule has 15 heavy (non-hydrogen) atoms. The van der Waals surface area contributed by atoms with Crippen LogP contribution in [-0.2, 0) is 5.41 Å². The summed E-state index contributed by atoms with van der Waals surface area (Å²) in [5.74, 6) is 0.972. The molecular formula is C13H19NO. The minimum Gasteiger partial charge on any atom is -0.496 e. The number of hydrogen-bond donors (Lipinski definition) is 1. The van der Waals surface area contributed by atoms with Gasteiger partial charge < -0.3 is 10.5 Å². The molecule has 1 unspecified atom stereocenters. The van der Waals surface area contributed by atoms with Crippen LogP contribution in [0.15, 0.2) is 18.2 Å². The molecule has 0 aromatic heterocycles. The van der Waals surface area contributed by atoms with Crippen LogP contribution in [0.5, 0.6) is 5.75 Å². The Labute approximate surface area is 91.4 Å². The Bertz CT molecular complexity index is 367. The predicted octanol–water partition coefficient (Wildman–Crippen LogP) is 2.38. The molecule has 0 bridgehead atoms. The summed E-state index contributed by atoms with van der Waals surface area (Å²) < 4.78 is 5.35. The Morgan fingerprint density at radius 3 is 2.53 bits per heavy atom. The van der Waals surface area contributed by atoms with E-state index >= 15 is 0 Å². The summed E-state index contributed by atoms with van der Waals surface area (Å²) in [6, 6.07) is 6.48. The molecule has 0 saturated heterocycles. The van der Waals surface area contributed by atoms with Crippen molar-refractivity contribution < 1.29 is 4.74 Å². The zero-order valence-electron chi connectivity index (χ0n) is 9.71. The van der Waals surface area contributed by atoms with Crippen LogP contribution in [0.3, 0.4) is 0 Å². The fourth-order valence-corrected chi connectivity index (χ4v) is 2.48. The lowest BCUT2D eigenvalue weighted by Crippen LogP contribution is -2.32. The summed E-state index contributed by atoms with van der Waals surface area (Å²) in [4.78, 5) is 0. The summed E-state index contributed by atoms with van der Waals surface area (Å²) >= 11 is 0. The van der Waals surface area contributed by atoms with Gasteiger partial charge in [0.2, 0.25) is 0 Å². The second-order valence-corrected chi connectivity index (χ2v) is 4.58. The second kappa shape index (κ2) is 3.53. The minimum absolute atomic E-state index is 0.221. The molecule has 0 heterocycles. The van der Waals surface area contributed by atoms with Gasteiger partial charge in [-0.05, 0) is 43.9 Å². The summed E-state index contributed by atoms with van der Waals surface area (Å²) in [5.41, 5.74) is 8.92. The first-order valence-electron chi connectivity index (χ1n) is 5.51. The average Bonchev–Trinajstić information content (AvgIpc) is 2.99. The average molecular weight is 205 g/mol. The Balaban J connectivity index is 2.45. The number of hydrogen-bond acceptors (Lipinski definition) is 2. The largest absolute Gasteiger partial charge is 0.496 e. The van der Waals surface area contributed by atoms with E-state index in [9.17, 15) is 0 Å². The van der Waals surface area contributed by atoms with Gasteiger partial charge in [0.15, 0.2) is 0 Å². The minimum atomic E-state index is 0.221. The van der Waals surface area contributed by atoms with Gasteiger partial charge in [-0.2, -0.15) is 0 Å². The van der Waals surface area contributed by atoms with Crippen LogP contribution >= 0.6 is 0 Å². The molecule has 0 radical (unpaired) electrons. The molecule has 1 atom stereocenters. The topological polar surface area (TPSA) is 35.2 Å². The van der Waals surface area contributed by atoms with Crippen molar-refractivity contribution in [2.45, 2.75) is 38.1 Å². The molecule has 1 aliphatic rings. The molecule has 1 aromatic carbocycles. The highest BCUT2D eigenvalue weighted by molar-refractivity contribution is 5.46. The van der Waals surface area contributed by atoms with Crippen LogP contribution in [-0.4, -0.2) is 13.2 Å². The van der Waals surface area contributed by atoms with E-state index in [0.29, 0.717) is 0 Å². The lowest BCUT2D eigenvalue weighted by molar-refractivity contribution is 0.409. The van der Waals surface area contributed by atoms with Crippen molar-refractivity contribution in [3.8, 4) is 5.75 Å². The summed E-state index contributed by atoms with van der Waals surface area (Å²) in [6.45, 7) is 4.22. The molecule has 1 saturated carbocycles. The fraction of sp³-hybridized carbons (Fsp3) is 0.538. The smallest absolute Gasteiger partial charge is 0.122 e. The molecule has 1 aromatic rings. The lowest BCUT2D eigenvalue weighted by atomic mass is 9.86. The third kappa shape index (κ3) is 1.53. The summed E-state index contributed by atoms with van der Waals surface area (Å²) in [7, 11) is 1.72. The van der Waals surface area contributed by atoms with Crippen LogP contribution in [0.4, 0.5) is 0 Å². The van der Waals surface area contributed by atoms with Crippen LogP contribution < -0.4 is 10.5 Å². The van der Waals surface area contributed by atoms with Gasteiger partial charge in [-0.25, -0.2) is 0 Å². The number of rotatable bonds is 3. The second-order valence-electron chi connectivity index (χ2n) is 4.58. The maximum absolute atomic E-state index is 6.08. The van der Waals surface area contributed by atoms with Crippen molar-refractivity contribution in [1.82, 2.24) is 0 Å². The number of benzene rings is 1. The summed E-state index contributed by atoms with van der Waals surface area (Å²) in [6.07, 6.45) is 2.41. The first-order valence-corrected chi connectivity index (χ1v) is 5.51. The van der Waals surface area contributed by atoms with Gasteiger partial charge in [0.1, 0.15) is 5.75 Å². The lowest BCUT2D eigenvalue weighted by Gasteiger charge is -2.23. The molecule has 2 heteroatoms. The molecule has 1 aliphatic carbocycles. The van der Waals surface area contributed by atoms with Crippen molar-refractivity contribution in [2.75, 3.05) is 7.11 Å². The molecule has 0 amide bonds. The molecule has 82 valence electrons. The zero-order valence-corrected chi connectivity index (χ0v) is 9.71. The number of ether oxygens (including phenoxy) is 1. The van der Waals surface area contributed by atoms with Crippen molar-refractivity contribution >= 4 is 0 Å². The molecule has 2 nitrogen and oxygen atoms in total. The molecule has 0 spiro atoms. The van der Waals surface area contributed by atoms with Crippen LogP contribution in [0.25, 0.3) is 0 Å². The van der Waals surface area contributed by atoms with E-state index in [1.165, 1.54) is 24.0 Å². The molecule has 2 rings (SSSR count). The van der Waals surface area contributed by atoms with Gasteiger partial charge in [0.25, 0.3) is 0 Å². The highest BCUT2D eigenvalue weighted by Crippen LogP contribution is 2.52. The van der Waals surface area contributed by atoms with E-state index < -0.39 is 0 Å². The van der Waals surface area contributed by atoms with Crippen molar-refractivity contribution in [3.05, 3.63) is 29.3 Å². The first kappa shape index (κ1) is 10.5. The Hall–Kier alpha value is -1.02. The highest BCUT2D eigenvalue weighted by Gasteiger charge is 2.48. The maximum Gasteiger partial charge on any atom is 0.122 e. The molecular weight excluding hydrogens is 186 g/mol. The third-order valence-electron chi connectivity index (χ3n) is 3.70. The maximum atomic E-state index is 6.08. The quantitative estimate of drug-likeness (QED) is 0.822. The van der Waals surface area contributed by atoms with Gasteiger partial charge in [0, 0.05) is 11.5 Å². The SMILES string of the molecule is COc1cccc(C2(C(C)N)CC2)c1C. The van der Waals surface area contributed by atoms with E-state index in [1.807, 2.05) is 6.07 Å². The normalized spacial score (nSPS) is 19.7. The molecule has 0 aliphatic heterocycles. The fourth-order valence-electron chi connectivity index (χ4n) is 2.48. The predicted molar refractivity (Wildman–Crippen MR) is 62.3 cm³/mol. The Morgan fingerprint density at radius 2 is 2.07 bits per heavy atom. The van der Waals surface area contributed by atoms with Gasteiger partial charge in [-0.15, -0.1) is 0 Å². The van der Waals surface area contributed by atoms with E-state index in [0.717, 1.165) is 5.75 Å². The Morgan fingerprint density at radius 1 is 1.40 bits per heavy atom. The van der Waals surface area contributed by atoms with Crippen molar-refractivity contribution in [2.24, 2.45) is 5.73 Å². The third-order valence-corrected chi connectivity index (χ3v) is 3.70. The molecule has 1 fully saturated rings. The van der Waals surface area contributed by atoms with Gasteiger partial charge >= 0.3 is 0 Å². The van der Waals surface area contributed by atoms with E-state index in [4.69, 9.17) is 10.5 Å².